The van der Waals surface area contributed by atoms with Gasteiger partial charge in [-0.2, -0.15) is 0 Å². The van der Waals surface area contributed by atoms with Gasteiger partial charge in [0.1, 0.15) is 6.10 Å². The molecule has 1 N–H and O–H groups in total. The number of ether oxygens (including phenoxy) is 1. The average Bonchev–Trinajstić information content (AvgIpc) is 3.16. The summed E-state index contributed by atoms with van der Waals surface area (Å²) in [6.45, 7) is 1.41. The number of hydrogen-bond acceptors (Lipinski definition) is 6. The summed E-state index contributed by atoms with van der Waals surface area (Å²) in [4.78, 5) is 18.1. The lowest BCUT2D eigenvalue weighted by molar-refractivity contribution is -0.246. The highest BCUT2D eigenvalue weighted by Gasteiger charge is 2.52. The van der Waals surface area contributed by atoms with Gasteiger partial charge in [0.25, 0.3) is 0 Å². The third-order valence-corrected chi connectivity index (χ3v) is 5.80. The number of aromatic nitrogens is 3. The first-order valence-electron chi connectivity index (χ1n) is 9.12. The van der Waals surface area contributed by atoms with E-state index in [2.05, 4.69) is 33.4 Å². The molecule has 8 heteroatoms. The summed E-state index contributed by atoms with van der Waals surface area (Å²) in [6.07, 6.45) is 6.09. The Morgan fingerprint density at radius 2 is 2.15 bits per heavy atom. The van der Waals surface area contributed by atoms with Gasteiger partial charge in [0.2, 0.25) is 0 Å². The van der Waals surface area contributed by atoms with Gasteiger partial charge in [0, 0.05) is 11.9 Å². The normalized spacial score (nSPS) is 28.9. The third kappa shape index (κ3) is 3.00. The van der Waals surface area contributed by atoms with Crippen LogP contribution >= 0.6 is 0 Å². The molecule has 140 valence electrons. The van der Waals surface area contributed by atoms with Crippen molar-refractivity contribution in [1.82, 2.24) is 15.0 Å². The number of benzene rings is 1. The van der Waals surface area contributed by atoms with Crippen LogP contribution in [0.3, 0.4) is 0 Å². The van der Waals surface area contributed by atoms with E-state index in [1.165, 1.54) is 11.1 Å². The molecule has 1 aromatic carbocycles. The number of anilines is 1. The molecule has 2 heterocycles. The Kier molecular flexibility index (Phi) is 3.95. The minimum Gasteiger partial charge on any atom is -0.442 e. The summed E-state index contributed by atoms with van der Waals surface area (Å²) >= 11 is 0. The highest BCUT2D eigenvalue weighted by molar-refractivity contribution is 5.90. The number of amides is 1. The molecular weight excluding hydrogens is 348 g/mol. The standard InChI is InChI=1S/C19H20N4O4/c24-19-23(10-15(27-19)9-22-6-5-20-21-22)14-3-1-12(2-4-14)13-7-16-17(8-13)18(16)11-26-25/h1-7,15-18,25H,8-11H2/t15-,16-,17+,18+/m0/s1. The van der Waals surface area contributed by atoms with Crippen molar-refractivity contribution in [2.45, 2.75) is 19.1 Å². The number of rotatable bonds is 6. The maximum atomic E-state index is 12.2. The predicted octanol–water partition coefficient (Wildman–Crippen LogP) is 2.44. The van der Waals surface area contributed by atoms with E-state index < -0.39 is 0 Å². The monoisotopic (exact) mass is 368 g/mol. The second-order valence-corrected chi connectivity index (χ2v) is 7.39. The average molecular weight is 368 g/mol. The quantitative estimate of drug-likeness (QED) is 0.622. The Morgan fingerprint density at radius 1 is 1.30 bits per heavy atom. The number of nitrogens with zero attached hydrogens (tertiary/aromatic N) is 4. The molecule has 27 heavy (non-hydrogen) atoms. The smallest absolute Gasteiger partial charge is 0.414 e. The number of carbonyl (C=O) groups is 1. The first-order chi connectivity index (χ1) is 13.2. The lowest BCUT2D eigenvalue weighted by Crippen LogP contribution is -2.26. The first-order valence-corrected chi connectivity index (χ1v) is 9.12. The van der Waals surface area contributed by atoms with E-state index in [4.69, 9.17) is 9.99 Å². The number of cyclic esters (lactones) is 1. The summed E-state index contributed by atoms with van der Waals surface area (Å²) in [5.74, 6) is 1.58. The van der Waals surface area contributed by atoms with E-state index in [-0.39, 0.29) is 12.2 Å². The van der Waals surface area contributed by atoms with Gasteiger partial charge in [-0.15, -0.1) is 5.10 Å². The van der Waals surface area contributed by atoms with Gasteiger partial charge >= 0.3 is 6.09 Å². The molecule has 1 saturated carbocycles. The van der Waals surface area contributed by atoms with Gasteiger partial charge in [-0.3, -0.25) is 10.2 Å². The van der Waals surface area contributed by atoms with E-state index in [1.807, 2.05) is 12.1 Å². The largest absolute Gasteiger partial charge is 0.442 e. The van der Waals surface area contributed by atoms with Crippen molar-refractivity contribution in [3.05, 3.63) is 48.3 Å². The van der Waals surface area contributed by atoms with Crippen LogP contribution in [0.25, 0.3) is 5.57 Å². The predicted molar refractivity (Wildman–Crippen MR) is 95.7 cm³/mol. The van der Waals surface area contributed by atoms with E-state index in [0.717, 1.165) is 12.1 Å². The molecule has 2 aromatic rings. The lowest BCUT2D eigenvalue weighted by atomic mass is 10.0. The van der Waals surface area contributed by atoms with Crippen LogP contribution in [0.2, 0.25) is 0 Å². The van der Waals surface area contributed by atoms with E-state index in [9.17, 15) is 4.79 Å². The third-order valence-electron chi connectivity index (χ3n) is 5.80. The Hall–Kier alpha value is -2.71. The molecule has 2 aliphatic carbocycles. The number of carbonyl (C=O) groups excluding carboxylic acids is 1. The van der Waals surface area contributed by atoms with Crippen molar-refractivity contribution in [1.29, 1.82) is 0 Å². The van der Waals surface area contributed by atoms with Crippen molar-refractivity contribution in [3.8, 4) is 0 Å². The first kappa shape index (κ1) is 16.5. The zero-order valence-corrected chi connectivity index (χ0v) is 14.6. The summed E-state index contributed by atoms with van der Waals surface area (Å²) in [6, 6.07) is 8.05. The molecule has 2 fully saturated rings. The van der Waals surface area contributed by atoms with Gasteiger partial charge in [-0.1, -0.05) is 23.4 Å². The van der Waals surface area contributed by atoms with Crippen molar-refractivity contribution in [2.24, 2.45) is 17.8 Å². The van der Waals surface area contributed by atoms with Gasteiger partial charge in [-0.05, 0) is 47.4 Å². The van der Waals surface area contributed by atoms with Crippen LogP contribution in [-0.4, -0.2) is 45.6 Å². The fraction of sp³-hybridized carbons (Fsp3) is 0.421. The van der Waals surface area contributed by atoms with E-state index in [1.54, 1.807) is 22.0 Å². The second-order valence-electron chi connectivity index (χ2n) is 7.39. The summed E-state index contributed by atoms with van der Waals surface area (Å²) in [7, 11) is 0. The minimum atomic E-state index is -0.332. The summed E-state index contributed by atoms with van der Waals surface area (Å²) in [5.41, 5.74) is 3.35. The number of hydrogen-bond donors (Lipinski definition) is 1. The van der Waals surface area contributed by atoms with Crippen LogP contribution < -0.4 is 4.90 Å². The van der Waals surface area contributed by atoms with Crippen LogP contribution in [0.1, 0.15) is 12.0 Å². The second kappa shape index (κ2) is 6.47. The maximum absolute atomic E-state index is 12.2. The highest BCUT2D eigenvalue weighted by Crippen LogP contribution is 2.58. The maximum Gasteiger partial charge on any atom is 0.414 e. The minimum absolute atomic E-state index is 0.241. The highest BCUT2D eigenvalue weighted by atomic mass is 17.1. The fourth-order valence-electron chi connectivity index (χ4n) is 4.32. The van der Waals surface area contributed by atoms with Crippen molar-refractivity contribution in [2.75, 3.05) is 18.1 Å². The molecule has 5 rings (SSSR count). The Balaban J connectivity index is 1.24. The van der Waals surface area contributed by atoms with Gasteiger partial charge < -0.3 is 4.74 Å². The Morgan fingerprint density at radius 3 is 2.81 bits per heavy atom. The van der Waals surface area contributed by atoms with Crippen LogP contribution in [0.4, 0.5) is 10.5 Å². The molecule has 1 aliphatic heterocycles. The molecule has 0 radical (unpaired) electrons. The Bertz CT molecular complexity index is 864. The molecule has 8 nitrogen and oxygen atoms in total. The van der Waals surface area contributed by atoms with E-state index >= 15 is 0 Å². The molecule has 0 bridgehead atoms. The molecule has 0 unspecified atom stereocenters. The molecular formula is C19H20N4O4. The lowest BCUT2D eigenvalue weighted by Gasteiger charge is -2.14. The van der Waals surface area contributed by atoms with Crippen molar-refractivity contribution >= 4 is 17.4 Å². The molecule has 3 aliphatic rings. The molecule has 1 amide bonds. The molecule has 0 spiro atoms. The van der Waals surface area contributed by atoms with Crippen LogP contribution in [0, 0.1) is 17.8 Å². The van der Waals surface area contributed by atoms with Gasteiger partial charge in [0.05, 0.1) is 25.9 Å². The molecule has 1 aromatic heterocycles. The van der Waals surface area contributed by atoms with Gasteiger partial charge in [-0.25, -0.2) is 14.4 Å². The zero-order valence-electron chi connectivity index (χ0n) is 14.6. The molecule has 4 atom stereocenters. The Labute approximate surface area is 155 Å². The van der Waals surface area contributed by atoms with E-state index in [0.29, 0.717) is 37.5 Å². The SMILES string of the molecule is O=C1O[C@@H](Cn2ccnn2)CN1c1ccc(C2=C[C@@H]3[C@@H](COO)[C@@H]3C2)cc1. The molecule has 1 saturated heterocycles. The van der Waals surface area contributed by atoms with Crippen molar-refractivity contribution < 1.29 is 19.7 Å². The van der Waals surface area contributed by atoms with Crippen LogP contribution in [-0.2, 0) is 16.2 Å². The fourth-order valence-corrected chi connectivity index (χ4v) is 4.32. The van der Waals surface area contributed by atoms with Crippen molar-refractivity contribution in [3.63, 3.8) is 0 Å². The summed E-state index contributed by atoms with van der Waals surface area (Å²) in [5, 5.41) is 16.3. The number of fused-ring (bicyclic) bond motifs is 1. The zero-order chi connectivity index (χ0) is 18.4. The van der Waals surface area contributed by atoms with Gasteiger partial charge in [0.15, 0.2) is 0 Å². The summed E-state index contributed by atoms with van der Waals surface area (Å²) < 4.78 is 7.11. The van der Waals surface area contributed by atoms with Crippen LogP contribution in [0.15, 0.2) is 42.7 Å². The topological polar surface area (TPSA) is 89.7 Å². The van der Waals surface area contributed by atoms with Crippen LogP contribution in [0.5, 0.6) is 0 Å². The number of allylic oxidation sites excluding steroid dienone is 2.